The molecule has 1 aliphatic rings. The summed E-state index contributed by atoms with van der Waals surface area (Å²) in [5, 5.41) is 0.133. The lowest BCUT2D eigenvalue weighted by molar-refractivity contribution is 0.260. The third-order valence-electron chi connectivity index (χ3n) is 3.30. The molecule has 1 aromatic rings. The fourth-order valence-electron chi connectivity index (χ4n) is 2.15. The zero-order chi connectivity index (χ0) is 13.2. The molecule has 0 aromatic carbocycles. The van der Waals surface area contributed by atoms with E-state index in [4.69, 9.17) is 0 Å². The molecule has 2 N–H and O–H groups in total. The van der Waals surface area contributed by atoms with Crippen LogP contribution in [-0.2, 0) is 10.0 Å². The predicted molar refractivity (Wildman–Crippen MR) is 68.8 cm³/mol. The highest BCUT2D eigenvalue weighted by Gasteiger charge is 2.21. The number of nitrogens with one attached hydrogen (secondary N) is 2. The van der Waals surface area contributed by atoms with Crippen molar-refractivity contribution < 1.29 is 8.42 Å². The second kappa shape index (κ2) is 5.38. The summed E-state index contributed by atoms with van der Waals surface area (Å²) in [5.74, 6) is 0.600. The van der Waals surface area contributed by atoms with Crippen molar-refractivity contribution in [3.05, 3.63) is 12.0 Å². The second-order valence-electron chi connectivity index (χ2n) is 4.78. The van der Waals surface area contributed by atoms with E-state index in [9.17, 15) is 8.42 Å². The van der Waals surface area contributed by atoms with Crippen molar-refractivity contribution in [2.45, 2.75) is 37.8 Å². The summed E-state index contributed by atoms with van der Waals surface area (Å²) in [5.41, 5.74) is 0. The van der Waals surface area contributed by atoms with E-state index in [2.05, 4.69) is 19.6 Å². The first-order valence-electron chi connectivity index (χ1n) is 6.24. The van der Waals surface area contributed by atoms with E-state index in [0.717, 1.165) is 13.1 Å². The molecular formula is C11H20N4O2S. The van der Waals surface area contributed by atoms with Gasteiger partial charge in [0.15, 0.2) is 5.03 Å². The maximum atomic E-state index is 12.0. The van der Waals surface area contributed by atoms with Crippen molar-refractivity contribution in [2.24, 2.45) is 0 Å². The van der Waals surface area contributed by atoms with Crippen LogP contribution in [0.5, 0.6) is 0 Å². The predicted octanol–water partition coefficient (Wildman–Crippen LogP) is 0.481. The molecule has 1 aliphatic heterocycles. The largest absolute Gasteiger partial charge is 0.332 e. The van der Waals surface area contributed by atoms with Crippen LogP contribution < -0.4 is 4.72 Å². The molecule has 1 fully saturated rings. The lowest BCUT2D eigenvalue weighted by Crippen LogP contribution is -2.40. The Morgan fingerprint density at radius 1 is 1.50 bits per heavy atom. The van der Waals surface area contributed by atoms with Gasteiger partial charge < -0.3 is 4.98 Å². The van der Waals surface area contributed by atoms with Crippen LogP contribution in [0.15, 0.2) is 11.2 Å². The molecular weight excluding hydrogens is 252 g/mol. The molecule has 0 aliphatic carbocycles. The summed E-state index contributed by atoms with van der Waals surface area (Å²) in [7, 11) is -3.46. The van der Waals surface area contributed by atoms with Gasteiger partial charge in [0.05, 0.1) is 6.20 Å². The normalized spacial score (nSPS) is 19.2. The van der Waals surface area contributed by atoms with Crippen molar-refractivity contribution in [3.8, 4) is 0 Å². The number of aromatic amines is 1. The van der Waals surface area contributed by atoms with Crippen LogP contribution in [0.4, 0.5) is 0 Å². The SMILES string of the molecule is Cc1ncc(S(=O)(=O)NCC(C)N2CCCC2)[nH]1. The maximum Gasteiger partial charge on any atom is 0.257 e. The van der Waals surface area contributed by atoms with Gasteiger partial charge in [0.1, 0.15) is 5.82 Å². The molecule has 0 bridgehead atoms. The minimum absolute atomic E-state index is 0.133. The van der Waals surface area contributed by atoms with Crippen LogP contribution >= 0.6 is 0 Å². The van der Waals surface area contributed by atoms with Crippen molar-refractivity contribution in [3.63, 3.8) is 0 Å². The molecule has 18 heavy (non-hydrogen) atoms. The van der Waals surface area contributed by atoms with Crippen LogP contribution in [0.2, 0.25) is 0 Å². The van der Waals surface area contributed by atoms with Gasteiger partial charge in [-0.05, 0) is 39.8 Å². The zero-order valence-corrected chi connectivity index (χ0v) is 11.6. The Kier molecular flexibility index (Phi) is 4.04. The van der Waals surface area contributed by atoms with Crippen molar-refractivity contribution >= 4 is 10.0 Å². The van der Waals surface area contributed by atoms with Crippen molar-refractivity contribution in [1.29, 1.82) is 0 Å². The van der Waals surface area contributed by atoms with Gasteiger partial charge in [-0.15, -0.1) is 0 Å². The highest BCUT2D eigenvalue weighted by atomic mass is 32.2. The minimum atomic E-state index is -3.46. The smallest absolute Gasteiger partial charge is 0.257 e. The van der Waals surface area contributed by atoms with E-state index in [1.54, 1.807) is 6.92 Å². The van der Waals surface area contributed by atoms with Gasteiger partial charge in [0.2, 0.25) is 0 Å². The molecule has 2 heterocycles. The Balaban J connectivity index is 1.92. The summed E-state index contributed by atoms with van der Waals surface area (Å²) in [6.07, 6.45) is 3.76. The first-order valence-corrected chi connectivity index (χ1v) is 7.73. The second-order valence-corrected chi connectivity index (χ2v) is 6.51. The average molecular weight is 272 g/mol. The molecule has 6 nitrogen and oxygen atoms in total. The van der Waals surface area contributed by atoms with Crippen LogP contribution in [0.1, 0.15) is 25.6 Å². The van der Waals surface area contributed by atoms with Gasteiger partial charge in [-0.25, -0.2) is 18.1 Å². The lowest BCUT2D eigenvalue weighted by atomic mass is 10.3. The first kappa shape index (κ1) is 13.5. The lowest BCUT2D eigenvalue weighted by Gasteiger charge is -2.23. The zero-order valence-electron chi connectivity index (χ0n) is 10.8. The number of likely N-dealkylation sites (tertiary alicyclic amines) is 1. The standard InChI is InChI=1S/C11H20N4O2S/c1-9(15-5-3-4-6-15)7-13-18(16,17)11-8-12-10(2)14-11/h8-9,13H,3-7H2,1-2H3,(H,12,14). The number of aryl methyl sites for hydroxylation is 1. The van der Waals surface area contributed by atoms with Gasteiger partial charge in [0.25, 0.3) is 10.0 Å². The molecule has 7 heteroatoms. The van der Waals surface area contributed by atoms with Crippen LogP contribution in [0.3, 0.4) is 0 Å². The first-order chi connectivity index (χ1) is 8.49. The van der Waals surface area contributed by atoms with E-state index in [1.165, 1.54) is 19.0 Å². The van der Waals surface area contributed by atoms with E-state index in [0.29, 0.717) is 12.4 Å². The van der Waals surface area contributed by atoms with E-state index < -0.39 is 10.0 Å². The number of aromatic nitrogens is 2. The fourth-order valence-corrected chi connectivity index (χ4v) is 3.24. The highest BCUT2D eigenvalue weighted by molar-refractivity contribution is 7.89. The molecule has 0 radical (unpaired) electrons. The molecule has 2 rings (SSSR count). The number of sulfonamides is 1. The maximum absolute atomic E-state index is 12.0. The van der Waals surface area contributed by atoms with Gasteiger partial charge in [-0.2, -0.15) is 0 Å². The van der Waals surface area contributed by atoms with Crippen LogP contribution in [0.25, 0.3) is 0 Å². The molecule has 0 spiro atoms. The van der Waals surface area contributed by atoms with E-state index >= 15 is 0 Å². The summed E-state index contributed by atoms with van der Waals surface area (Å²) >= 11 is 0. The molecule has 0 saturated carbocycles. The van der Waals surface area contributed by atoms with Crippen LogP contribution in [0, 0.1) is 6.92 Å². The Hall–Kier alpha value is -0.920. The number of nitrogens with zero attached hydrogens (tertiary/aromatic N) is 2. The number of rotatable bonds is 5. The van der Waals surface area contributed by atoms with Gasteiger partial charge in [-0.3, -0.25) is 4.90 Å². The molecule has 1 aromatic heterocycles. The Morgan fingerprint density at radius 3 is 2.72 bits per heavy atom. The highest BCUT2D eigenvalue weighted by Crippen LogP contribution is 2.11. The average Bonchev–Trinajstić information content (AvgIpc) is 2.96. The molecule has 102 valence electrons. The Labute approximate surface area is 108 Å². The van der Waals surface area contributed by atoms with E-state index in [-0.39, 0.29) is 11.1 Å². The van der Waals surface area contributed by atoms with Gasteiger partial charge in [0, 0.05) is 12.6 Å². The summed E-state index contributed by atoms with van der Waals surface area (Å²) in [6, 6.07) is 0.228. The Bertz CT molecular complexity index is 491. The summed E-state index contributed by atoms with van der Waals surface area (Å²) in [4.78, 5) is 8.94. The number of H-pyrrole nitrogens is 1. The Morgan fingerprint density at radius 2 is 2.17 bits per heavy atom. The molecule has 1 atom stereocenters. The van der Waals surface area contributed by atoms with E-state index in [1.807, 2.05) is 6.92 Å². The van der Waals surface area contributed by atoms with Gasteiger partial charge in [-0.1, -0.05) is 0 Å². The van der Waals surface area contributed by atoms with Crippen LogP contribution in [-0.4, -0.2) is 49.0 Å². The van der Waals surface area contributed by atoms with Crippen molar-refractivity contribution in [2.75, 3.05) is 19.6 Å². The number of hydrogen-bond donors (Lipinski definition) is 2. The molecule has 0 amide bonds. The molecule has 1 unspecified atom stereocenters. The summed E-state index contributed by atoms with van der Waals surface area (Å²) < 4.78 is 26.6. The van der Waals surface area contributed by atoms with Gasteiger partial charge >= 0.3 is 0 Å². The summed E-state index contributed by atoms with van der Waals surface area (Å²) in [6.45, 7) is 6.33. The van der Waals surface area contributed by atoms with Crippen molar-refractivity contribution in [1.82, 2.24) is 19.6 Å². The topological polar surface area (TPSA) is 78.1 Å². The molecule has 1 saturated heterocycles. The fraction of sp³-hybridized carbons (Fsp3) is 0.727. The number of hydrogen-bond acceptors (Lipinski definition) is 4. The number of imidazole rings is 1. The monoisotopic (exact) mass is 272 g/mol. The minimum Gasteiger partial charge on any atom is -0.332 e. The third-order valence-corrected chi connectivity index (χ3v) is 4.64. The third kappa shape index (κ3) is 3.09. The quantitative estimate of drug-likeness (QED) is 0.817.